The standard InChI is InChI=1S/C22H20FN3O3S/c23-17-8-6-16(7-9-17)14-19-21(28)26(22(29)30-19)15-20(27)25-12-10-24(11-13-25)18-4-2-1-3-5-18/h1-9,14H,10-13,15H2/b19-14+. The maximum Gasteiger partial charge on any atom is 0.294 e. The van der Waals surface area contributed by atoms with Crippen molar-refractivity contribution < 1.29 is 18.8 Å². The largest absolute Gasteiger partial charge is 0.368 e. The van der Waals surface area contributed by atoms with Crippen molar-refractivity contribution in [3.63, 3.8) is 0 Å². The van der Waals surface area contributed by atoms with Crippen molar-refractivity contribution in [2.75, 3.05) is 37.6 Å². The fourth-order valence-electron chi connectivity index (χ4n) is 3.43. The van der Waals surface area contributed by atoms with Crippen molar-refractivity contribution in [3.8, 4) is 0 Å². The molecule has 2 saturated heterocycles. The van der Waals surface area contributed by atoms with Crippen LogP contribution in [-0.2, 0) is 9.59 Å². The van der Waals surface area contributed by atoms with E-state index in [9.17, 15) is 18.8 Å². The molecular formula is C22H20FN3O3S. The zero-order valence-corrected chi connectivity index (χ0v) is 17.0. The molecule has 2 aromatic rings. The van der Waals surface area contributed by atoms with E-state index in [1.165, 1.54) is 30.3 Å². The van der Waals surface area contributed by atoms with Crippen LogP contribution in [0, 0.1) is 5.82 Å². The molecule has 154 valence electrons. The quantitative estimate of drug-likeness (QED) is 0.704. The van der Waals surface area contributed by atoms with Crippen LogP contribution in [0.25, 0.3) is 6.08 Å². The Hall–Kier alpha value is -3.13. The van der Waals surface area contributed by atoms with E-state index in [-0.39, 0.29) is 23.2 Å². The highest BCUT2D eigenvalue weighted by molar-refractivity contribution is 8.18. The monoisotopic (exact) mass is 425 g/mol. The Morgan fingerprint density at radius 1 is 0.967 bits per heavy atom. The molecule has 0 bridgehead atoms. The number of nitrogens with zero attached hydrogens (tertiary/aromatic N) is 3. The summed E-state index contributed by atoms with van der Waals surface area (Å²) < 4.78 is 13.0. The average molecular weight is 425 g/mol. The summed E-state index contributed by atoms with van der Waals surface area (Å²) in [6.07, 6.45) is 1.54. The molecule has 0 N–H and O–H groups in total. The van der Waals surface area contributed by atoms with Gasteiger partial charge in [-0.2, -0.15) is 0 Å². The van der Waals surface area contributed by atoms with E-state index >= 15 is 0 Å². The molecule has 0 spiro atoms. The Morgan fingerprint density at radius 3 is 2.30 bits per heavy atom. The number of amides is 3. The molecule has 6 nitrogen and oxygen atoms in total. The first-order chi connectivity index (χ1) is 14.5. The number of anilines is 1. The lowest BCUT2D eigenvalue weighted by atomic mass is 10.2. The maximum absolute atomic E-state index is 13.0. The molecule has 0 unspecified atom stereocenters. The molecule has 2 aromatic carbocycles. The second-order valence-electron chi connectivity index (χ2n) is 7.02. The summed E-state index contributed by atoms with van der Waals surface area (Å²) in [6.45, 7) is 2.20. The predicted octanol–water partition coefficient (Wildman–Crippen LogP) is 3.21. The summed E-state index contributed by atoms with van der Waals surface area (Å²) in [4.78, 5) is 42.7. The molecule has 30 heavy (non-hydrogen) atoms. The van der Waals surface area contributed by atoms with E-state index in [0.717, 1.165) is 22.3 Å². The summed E-state index contributed by atoms with van der Waals surface area (Å²) in [5.74, 6) is -1.11. The van der Waals surface area contributed by atoms with Gasteiger partial charge >= 0.3 is 0 Å². The van der Waals surface area contributed by atoms with Gasteiger partial charge in [0.2, 0.25) is 5.91 Å². The van der Waals surface area contributed by atoms with Gasteiger partial charge < -0.3 is 9.80 Å². The number of imide groups is 1. The van der Waals surface area contributed by atoms with Gasteiger partial charge in [0.1, 0.15) is 12.4 Å². The Bertz CT molecular complexity index is 986. The van der Waals surface area contributed by atoms with Crippen LogP contribution in [0.2, 0.25) is 0 Å². The van der Waals surface area contributed by atoms with Crippen molar-refractivity contribution in [1.82, 2.24) is 9.80 Å². The van der Waals surface area contributed by atoms with Crippen LogP contribution in [0.5, 0.6) is 0 Å². The Balaban J connectivity index is 1.36. The first kappa shape index (κ1) is 20.2. The van der Waals surface area contributed by atoms with Crippen LogP contribution in [-0.4, -0.2) is 59.6 Å². The molecule has 0 aliphatic carbocycles. The molecule has 8 heteroatoms. The Labute approximate surface area is 177 Å². The zero-order valence-electron chi connectivity index (χ0n) is 16.2. The normalized spacial score (nSPS) is 18.4. The fourth-order valence-corrected chi connectivity index (χ4v) is 4.27. The molecule has 0 saturated carbocycles. The lowest BCUT2D eigenvalue weighted by Gasteiger charge is -2.36. The molecule has 3 amide bonds. The minimum atomic E-state index is -0.495. The van der Waals surface area contributed by atoms with Gasteiger partial charge in [0, 0.05) is 31.9 Å². The minimum absolute atomic E-state index is 0.230. The molecule has 0 radical (unpaired) electrons. The third-order valence-corrected chi connectivity index (χ3v) is 6.00. The molecular weight excluding hydrogens is 405 g/mol. The molecule has 4 rings (SSSR count). The number of hydrogen-bond acceptors (Lipinski definition) is 5. The molecule has 2 aliphatic rings. The Kier molecular flexibility index (Phi) is 5.85. The number of halogens is 1. The topological polar surface area (TPSA) is 60.9 Å². The first-order valence-corrected chi connectivity index (χ1v) is 10.4. The van der Waals surface area contributed by atoms with Gasteiger partial charge in [0.25, 0.3) is 11.1 Å². The third-order valence-electron chi connectivity index (χ3n) is 5.09. The number of rotatable bonds is 4. The van der Waals surface area contributed by atoms with Crippen molar-refractivity contribution in [3.05, 3.63) is 70.9 Å². The van der Waals surface area contributed by atoms with Gasteiger partial charge in [-0.25, -0.2) is 4.39 Å². The third kappa shape index (κ3) is 4.38. The first-order valence-electron chi connectivity index (χ1n) is 9.60. The number of thioether (sulfide) groups is 1. The predicted molar refractivity (Wildman–Crippen MR) is 114 cm³/mol. The molecule has 0 atom stereocenters. The summed E-state index contributed by atoms with van der Waals surface area (Å²) in [5, 5.41) is -0.468. The summed E-state index contributed by atoms with van der Waals surface area (Å²) in [5.41, 5.74) is 1.73. The average Bonchev–Trinajstić information content (AvgIpc) is 3.03. The van der Waals surface area contributed by atoms with Crippen LogP contribution in [0.1, 0.15) is 5.56 Å². The molecule has 2 aliphatic heterocycles. The molecule has 0 aromatic heterocycles. The number of hydrogen-bond donors (Lipinski definition) is 0. The van der Waals surface area contributed by atoms with Gasteiger partial charge in [-0.05, 0) is 47.7 Å². The highest BCUT2D eigenvalue weighted by atomic mass is 32.2. The maximum atomic E-state index is 13.0. The fraction of sp³-hybridized carbons (Fsp3) is 0.227. The van der Waals surface area contributed by atoms with Crippen LogP contribution >= 0.6 is 11.8 Å². The van der Waals surface area contributed by atoms with Crippen molar-refractivity contribution in [2.24, 2.45) is 0 Å². The number of para-hydroxylation sites is 1. The smallest absolute Gasteiger partial charge is 0.294 e. The minimum Gasteiger partial charge on any atom is -0.368 e. The number of benzene rings is 2. The second-order valence-corrected chi connectivity index (χ2v) is 8.02. The van der Waals surface area contributed by atoms with E-state index < -0.39 is 11.1 Å². The van der Waals surface area contributed by atoms with E-state index in [1.54, 1.807) is 4.90 Å². The van der Waals surface area contributed by atoms with E-state index in [1.807, 2.05) is 30.3 Å². The van der Waals surface area contributed by atoms with Crippen molar-refractivity contribution in [2.45, 2.75) is 0 Å². The number of carbonyl (C=O) groups is 3. The van der Waals surface area contributed by atoms with Gasteiger partial charge in [-0.1, -0.05) is 30.3 Å². The SMILES string of the molecule is O=C(CN1C(=O)S/C(=C/c2ccc(F)cc2)C1=O)N1CCN(c2ccccc2)CC1. The van der Waals surface area contributed by atoms with Gasteiger partial charge in [0.05, 0.1) is 4.91 Å². The highest BCUT2D eigenvalue weighted by Gasteiger charge is 2.37. The van der Waals surface area contributed by atoms with Crippen LogP contribution < -0.4 is 4.90 Å². The van der Waals surface area contributed by atoms with E-state index in [4.69, 9.17) is 0 Å². The van der Waals surface area contributed by atoms with Gasteiger partial charge in [-0.15, -0.1) is 0 Å². The van der Waals surface area contributed by atoms with Crippen molar-refractivity contribution in [1.29, 1.82) is 0 Å². The van der Waals surface area contributed by atoms with E-state index in [0.29, 0.717) is 31.7 Å². The van der Waals surface area contributed by atoms with E-state index in [2.05, 4.69) is 4.90 Å². The van der Waals surface area contributed by atoms with Gasteiger partial charge in [0.15, 0.2) is 0 Å². The highest BCUT2D eigenvalue weighted by Crippen LogP contribution is 2.32. The van der Waals surface area contributed by atoms with Crippen LogP contribution in [0.15, 0.2) is 59.5 Å². The van der Waals surface area contributed by atoms with Crippen molar-refractivity contribution >= 4 is 40.6 Å². The zero-order chi connectivity index (χ0) is 21.1. The second kappa shape index (κ2) is 8.71. The summed E-state index contributed by atoms with van der Waals surface area (Å²) in [7, 11) is 0. The van der Waals surface area contributed by atoms with Gasteiger partial charge in [-0.3, -0.25) is 19.3 Å². The molecule has 2 heterocycles. The van der Waals surface area contributed by atoms with Crippen LogP contribution in [0.4, 0.5) is 14.9 Å². The summed E-state index contributed by atoms with van der Waals surface area (Å²) in [6, 6.07) is 15.6. The number of piperazine rings is 1. The number of carbonyl (C=O) groups excluding carboxylic acids is 3. The lowest BCUT2D eigenvalue weighted by Crippen LogP contribution is -2.51. The lowest BCUT2D eigenvalue weighted by molar-refractivity contribution is -0.136. The van der Waals surface area contributed by atoms with Crippen LogP contribution in [0.3, 0.4) is 0 Å². The molecule has 2 fully saturated rings. The summed E-state index contributed by atoms with van der Waals surface area (Å²) >= 11 is 0.793. The Morgan fingerprint density at radius 2 is 1.63 bits per heavy atom.